The Labute approximate surface area is 99.6 Å². The SMILES string of the molecule is Nc1ccc(C(=O)O)cc1NC[C@H]1CCCO1. The predicted octanol–water partition coefficient (Wildman–Crippen LogP) is 1.56. The number of carbonyl (C=O) groups is 1. The number of rotatable bonds is 4. The van der Waals surface area contributed by atoms with Gasteiger partial charge in [-0.05, 0) is 31.0 Å². The van der Waals surface area contributed by atoms with E-state index in [0.717, 1.165) is 19.4 Å². The van der Waals surface area contributed by atoms with E-state index in [0.29, 0.717) is 17.9 Å². The normalized spacial score (nSPS) is 19.2. The molecule has 0 spiro atoms. The van der Waals surface area contributed by atoms with Crippen LogP contribution in [0.5, 0.6) is 0 Å². The van der Waals surface area contributed by atoms with Crippen LogP contribution in [0, 0.1) is 0 Å². The number of ether oxygens (including phenoxy) is 1. The van der Waals surface area contributed by atoms with Crippen LogP contribution in [0.1, 0.15) is 23.2 Å². The van der Waals surface area contributed by atoms with E-state index in [4.69, 9.17) is 15.6 Å². The van der Waals surface area contributed by atoms with Gasteiger partial charge in [0, 0.05) is 13.2 Å². The van der Waals surface area contributed by atoms with Crippen molar-refractivity contribution in [3.63, 3.8) is 0 Å². The second-order valence-electron chi connectivity index (χ2n) is 4.12. The molecule has 4 N–H and O–H groups in total. The first-order valence-corrected chi connectivity index (χ1v) is 5.65. The highest BCUT2D eigenvalue weighted by molar-refractivity contribution is 5.90. The topological polar surface area (TPSA) is 84.6 Å². The van der Waals surface area contributed by atoms with Crippen LogP contribution in [0.4, 0.5) is 11.4 Å². The minimum atomic E-state index is -0.954. The summed E-state index contributed by atoms with van der Waals surface area (Å²) in [7, 11) is 0. The zero-order chi connectivity index (χ0) is 12.3. The van der Waals surface area contributed by atoms with Gasteiger partial charge >= 0.3 is 5.97 Å². The Morgan fingerprint density at radius 3 is 3.06 bits per heavy atom. The van der Waals surface area contributed by atoms with E-state index in [-0.39, 0.29) is 11.7 Å². The van der Waals surface area contributed by atoms with Gasteiger partial charge in [-0.2, -0.15) is 0 Å². The lowest BCUT2D eigenvalue weighted by molar-refractivity contribution is 0.0697. The maximum Gasteiger partial charge on any atom is 0.335 e. The van der Waals surface area contributed by atoms with Crippen molar-refractivity contribution in [3.8, 4) is 0 Å². The van der Waals surface area contributed by atoms with E-state index < -0.39 is 5.97 Å². The monoisotopic (exact) mass is 236 g/mol. The van der Waals surface area contributed by atoms with Gasteiger partial charge in [0.15, 0.2) is 0 Å². The maximum atomic E-state index is 10.8. The molecule has 1 aromatic carbocycles. The second-order valence-corrected chi connectivity index (χ2v) is 4.12. The van der Waals surface area contributed by atoms with Crippen LogP contribution in [0.3, 0.4) is 0 Å². The molecule has 0 bridgehead atoms. The highest BCUT2D eigenvalue weighted by Gasteiger charge is 2.15. The number of aromatic carboxylic acids is 1. The van der Waals surface area contributed by atoms with Crippen LogP contribution in [0.2, 0.25) is 0 Å². The first kappa shape index (κ1) is 11.7. The Bertz CT molecular complexity index is 414. The molecule has 1 atom stereocenters. The number of nitrogen functional groups attached to an aromatic ring is 1. The van der Waals surface area contributed by atoms with Crippen LogP contribution < -0.4 is 11.1 Å². The van der Waals surface area contributed by atoms with Crippen molar-refractivity contribution in [1.29, 1.82) is 0 Å². The fraction of sp³-hybridized carbons (Fsp3) is 0.417. The van der Waals surface area contributed by atoms with Gasteiger partial charge in [-0.3, -0.25) is 0 Å². The van der Waals surface area contributed by atoms with E-state index in [1.54, 1.807) is 12.1 Å². The largest absolute Gasteiger partial charge is 0.478 e. The average Bonchev–Trinajstić information content (AvgIpc) is 2.80. The first-order valence-electron chi connectivity index (χ1n) is 5.65. The van der Waals surface area contributed by atoms with Crippen molar-refractivity contribution in [3.05, 3.63) is 23.8 Å². The molecule has 1 aliphatic heterocycles. The first-order chi connectivity index (χ1) is 8.16. The second kappa shape index (κ2) is 5.05. The Hall–Kier alpha value is -1.75. The molecule has 0 unspecified atom stereocenters. The smallest absolute Gasteiger partial charge is 0.335 e. The van der Waals surface area contributed by atoms with E-state index in [1.807, 2.05) is 0 Å². The summed E-state index contributed by atoms with van der Waals surface area (Å²) < 4.78 is 5.47. The molecule has 0 saturated carbocycles. The molecular formula is C12H16N2O3. The van der Waals surface area contributed by atoms with Gasteiger partial charge in [-0.15, -0.1) is 0 Å². The van der Waals surface area contributed by atoms with Crippen molar-refractivity contribution < 1.29 is 14.6 Å². The summed E-state index contributed by atoms with van der Waals surface area (Å²) in [5.41, 5.74) is 7.21. The van der Waals surface area contributed by atoms with Crippen LogP contribution in [-0.2, 0) is 4.74 Å². The van der Waals surface area contributed by atoms with Crippen molar-refractivity contribution in [2.75, 3.05) is 24.2 Å². The van der Waals surface area contributed by atoms with Crippen molar-refractivity contribution >= 4 is 17.3 Å². The number of hydrogen-bond acceptors (Lipinski definition) is 4. The summed E-state index contributed by atoms with van der Waals surface area (Å²) in [4.78, 5) is 10.8. The molecule has 0 aromatic heterocycles. The van der Waals surface area contributed by atoms with Gasteiger partial charge in [0.2, 0.25) is 0 Å². The molecule has 5 nitrogen and oxygen atoms in total. The van der Waals surface area contributed by atoms with E-state index in [1.165, 1.54) is 6.07 Å². The Morgan fingerprint density at radius 1 is 1.59 bits per heavy atom. The molecule has 92 valence electrons. The summed E-state index contributed by atoms with van der Waals surface area (Å²) in [5.74, 6) is -0.954. The van der Waals surface area contributed by atoms with E-state index >= 15 is 0 Å². The van der Waals surface area contributed by atoms with Crippen molar-refractivity contribution in [2.45, 2.75) is 18.9 Å². The molecule has 1 heterocycles. The number of nitrogens with one attached hydrogen (secondary N) is 1. The van der Waals surface area contributed by atoms with Crippen molar-refractivity contribution in [2.24, 2.45) is 0 Å². The molecule has 17 heavy (non-hydrogen) atoms. The summed E-state index contributed by atoms with van der Waals surface area (Å²) >= 11 is 0. The zero-order valence-corrected chi connectivity index (χ0v) is 9.48. The molecular weight excluding hydrogens is 220 g/mol. The maximum absolute atomic E-state index is 10.8. The van der Waals surface area contributed by atoms with Crippen LogP contribution in [-0.4, -0.2) is 30.3 Å². The third-order valence-corrected chi connectivity index (χ3v) is 2.84. The summed E-state index contributed by atoms with van der Waals surface area (Å²) in [6.07, 6.45) is 2.31. The van der Waals surface area contributed by atoms with Crippen LogP contribution >= 0.6 is 0 Å². The predicted molar refractivity (Wildman–Crippen MR) is 65.3 cm³/mol. The number of benzene rings is 1. The zero-order valence-electron chi connectivity index (χ0n) is 9.48. The molecule has 0 radical (unpaired) electrons. The summed E-state index contributed by atoms with van der Waals surface area (Å²) in [6.45, 7) is 1.46. The summed E-state index contributed by atoms with van der Waals surface area (Å²) in [5, 5.41) is 12.0. The fourth-order valence-corrected chi connectivity index (χ4v) is 1.87. The van der Waals surface area contributed by atoms with Gasteiger partial charge in [0.1, 0.15) is 0 Å². The lowest BCUT2D eigenvalue weighted by atomic mass is 10.1. The molecule has 1 saturated heterocycles. The Balaban J connectivity index is 2.03. The average molecular weight is 236 g/mol. The van der Waals surface area contributed by atoms with Gasteiger partial charge in [0.25, 0.3) is 0 Å². The quantitative estimate of drug-likeness (QED) is 0.691. The van der Waals surface area contributed by atoms with Gasteiger partial charge in [-0.1, -0.05) is 0 Å². The van der Waals surface area contributed by atoms with E-state index in [9.17, 15) is 4.79 Å². The molecule has 0 aliphatic carbocycles. The molecule has 1 aromatic rings. The third-order valence-electron chi connectivity index (χ3n) is 2.84. The Kier molecular flexibility index (Phi) is 3.49. The van der Waals surface area contributed by atoms with Crippen molar-refractivity contribution in [1.82, 2.24) is 0 Å². The lowest BCUT2D eigenvalue weighted by Crippen LogP contribution is -2.19. The van der Waals surface area contributed by atoms with Gasteiger partial charge < -0.3 is 20.9 Å². The lowest BCUT2D eigenvalue weighted by Gasteiger charge is -2.14. The highest BCUT2D eigenvalue weighted by atomic mass is 16.5. The standard InChI is InChI=1S/C12H16N2O3/c13-10-4-3-8(12(15)16)6-11(10)14-7-9-2-1-5-17-9/h3-4,6,9,14H,1-2,5,7,13H2,(H,15,16)/t9-/m1/s1. The molecule has 0 amide bonds. The van der Waals surface area contributed by atoms with Gasteiger partial charge in [-0.25, -0.2) is 4.79 Å². The molecule has 1 aliphatic rings. The molecule has 5 heteroatoms. The number of carboxylic acids is 1. The number of anilines is 2. The van der Waals surface area contributed by atoms with Crippen LogP contribution in [0.15, 0.2) is 18.2 Å². The minimum absolute atomic E-state index is 0.197. The number of hydrogen-bond donors (Lipinski definition) is 3. The van der Waals surface area contributed by atoms with E-state index in [2.05, 4.69) is 5.32 Å². The molecule has 1 fully saturated rings. The fourth-order valence-electron chi connectivity index (χ4n) is 1.87. The Morgan fingerprint density at radius 2 is 2.41 bits per heavy atom. The third kappa shape index (κ3) is 2.88. The van der Waals surface area contributed by atoms with Gasteiger partial charge in [0.05, 0.1) is 23.0 Å². The highest BCUT2D eigenvalue weighted by Crippen LogP contribution is 2.21. The number of carboxylic acid groups (broad SMARTS) is 1. The summed E-state index contributed by atoms with van der Waals surface area (Å²) in [6, 6.07) is 4.64. The van der Waals surface area contributed by atoms with Crippen LogP contribution in [0.25, 0.3) is 0 Å². The number of nitrogens with two attached hydrogens (primary N) is 1. The molecule has 2 rings (SSSR count). The minimum Gasteiger partial charge on any atom is -0.478 e.